The summed E-state index contributed by atoms with van der Waals surface area (Å²) in [6, 6.07) is 8.22. The Morgan fingerprint density at radius 3 is 2.39 bits per heavy atom. The lowest BCUT2D eigenvalue weighted by Gasteiger charge is -2.33. The second-order valence-electron chi connectivity index (χ2n) is 4.91. The van der Waals surface area contributed by atoms with E-state index in [9.17, 15) is 5.11 Å². The third-order valence-corrected chi connectivity index (χ3v) is 3.58. The van der Waals surface area contributed by atoms with Crippen LogP contribution in [0.2, 0.25) is 0 Å². The summed E-state index contributed by atoms with van der Waals surface area (Å²) < 4.78 is 5.66. The van der Waals surface area contributed by atoms with E-state index in [1.807, 2.05) is 12.1 Å². The van der Waals surface area contributed by atoms with Crippen LogP contribution in [0.3, 0.4) is 0 Å². The van der Waals surface area contributed by atoms with E-state index < -0.39 is 0 Å². The summed E-state index contributed by atoms with van der Waals surface area (Å²) in [6.45, 7) is 6.77. The molecule has 1 aromatic rings. The molecule has 0 amide bonds. The van der Waals surface area contributed by atoms with Crippen LogP contribution in [-0.4, -0.2) is 30.9 Å². The number of piperidine rings is 1. The van der Waals surface area contributed by atoms with Gasteiger partial charge in [-0.25, -0.2) is 0 Å². The molecule has 0 aromatic heterocycles. The van der Waals surface area contributed by atoms with E-state index in [1.54, 1.807) is 6.92 Å². The molecule has 1 aliphatic rings. The van der Waals surface area contributed by atoms with Crippen molar-refractivity contribution < 1.29 is 9.84 Å². The van der Waals surface area contributed by atoms with Gasteiger partial charge < -0.3 is 14.7 Å². The molecule has 1 aliphatic heterocycles. The molecule has 1 heterocycles. The van der Waals surface area contributed by atoms with Crippen molar-refractivity contribution in [3.8, 4) is 0 Å². The molecule has 18 heavy (non-hydrogen) atoms. The second kappa shape index (κ2) is 6.21. The van der Waals surface area contributed by atoms with E-state index in [4.69, 9.17) is 4.74 Å². The molecule has 0 saturated carbocycles. The van der Waals surface area contributed by atoms with Crippen molar-refractivity contribution in [2.45, 2.75) is 38.9 Å². The van der Waals surface area contributed by atoms with E-state index in [1.165, 1.54) is 5.69 Å². The maximum Gasteiger partial charge on any atom is 0.0761 e. The Kier molecular flexibility index (Phi) is 4.61. The fourth-order valence-corrected chi connectivity index (χ4v) is 2.48. The van der Waals surface area contributed by atoms with Gasteiger partial charge in [-0.2, -0.15) is 0 Å². The zero-order valence-corrected chi connectivity index (χ0v) is 11.3. The molecule has 3 nitrogen and oxygen atoms in total. The molecule has 2 rings (SSSR count). The van der Waals surface area contributed by atoms with E-state index in [2.05, 4.69) is 24.0 Å². The van der Waals surface area contributed by atoms with Crippen LogP contribution in [0, 0.1) is 0 Å². The highest BCUT2D eigenvalue weighted by molar-refractivity contribution is 5.48. The van der Waals surface area contributed by atoms with Gasteiger partial charge in [0, 0.05) is 25.4 Å². The summed E-state index contributed by atoms with van der Waals surface area (Å²) in [5.74, 6) is 0. The van der Waals surface area contributed by atoms with Crippen molar-refractivity contribution in [3.05, 3.63) is 29.8 Å². The summed E-state index contributed by atoms with van der Waals surface area (Å²) in [4.78, 5) is 2.39. The zero-order valence-electron chi connectivity index (χ0n) is 11.3. The molecule has 1 saturated heterocycles. The minimum atomic E-state index is -0.386. The lowest BCUT2D eigenvalue weighted by Crippen LogP contribution is -2.37. The highest BCUT2D eigenvalue weighted by atomic mass is 16.5. The van der Waals surface area contributed by atoms with Crippen molar-refractivity contribution in [2.24, 2.45) is 0 Å². The molecule has 0 spiro atoms. The average molecular weight is 249 g/mol. The number of hydrogen-bond acceptors (Lipinski definition) is 3. The fourth-order valence-electron chi connectivity index (χ4n) is 2.48. The minimum absolute atomic E-state index is 0.386. The van der Waals surface area contributed by atoms with Crippen LogP contribution in [0.15, 0.2) is 24.3 Å². The predicted molar refractivity (Wildman–Crippen MR) is 73.9 cm³/mol. The maximum atomic E-state index is 9.49. The highest BCUT2D eigenvalue weighted by Gasteiger charge is 2.19. The molecular formula is C15H23NO2. The first-order chi connectivity index (χ1) is 8.70. The summed E-state index contributed by atoms with van der Waals surface area (Å²) in [7, 11) is 0. The number of aliphatic hydroxyl groups excluding tert-OH is 1. The summed E-state index contributed by atoms with van der Waals surface area (Å²) in [5.41, 5.74) is 2.22. The molecular weight excluding hydrogens is 226 g/mol. The van der Waals surface area contributed by atoms with Gasteiger partial charge in [-0.1, -0.05) is 12.1 Å². The first-order valence-electron chi connectivity index (χ1n) is 6.85. The monoisotopic (exact) mass is 249 g/mol. The molecule has 1 aromatic carbocycles. The van der Waals surface area contributed by atoms with Crippen molar-refractivity contribution in [1.29, 1.82) is 0 Å². The molecule has 0 bridgehead atoms. The van der Waals surface area contributed by atoms with Gasteiger partial charge in [0.05, 0.1) is 12.2 Å². The number of ether oxygens (including phenoxy) is 1. The maximum absolute atomic E-state index is 9.49. The van der Waals surface area contributed by atoms with Crippen LogP contribution < -0.4 is 4.90 Å². The quantitative estimate of drug-likeness (QED) is 0.890. The molecule has 1 atom stereocenters. The van der Waals surface area contributed by atoms with Crippen molar-refractivity contribution >= 4 is 5.69 Å². The lowest BCUT2D eigenvalue weighted by molar-refractivity contribution is 0.0459. The predicted octanol–water partition coefficient (Wildman–Crippen LogP) is 2.75. The number of rotatable bonds is 4. The molecule has 0 aliphatic carbocycles. The fraction of sp³-hybridized carbons (Fsp3) is 0.600. The van der Waals surface area contributed by atoms with Gasteiger partial charge in [0.1, 0.15) is 0 Å². The third-order valence-electron chi connectivity index (χ3n) is 3.58. The van der Waals surface area contributed by atoms with Gasteiger partial charge in [-0.05, 0) is 44.4 Å². The van der Waals surface area contributed by atoms with Crippen LogP contribution in [0.4, 0.5) is 5.69 Å². The van der Waals surface area contributed by atoms with E-state index in [-0.39, 0.29) is 6.10 Å². The van der Waals surface area contributed by atoms with Crippen LogP contribution >= 0.6 is 0 Å². The van der Waals surface area contributed by atoms with Gasteiger partial charge in [0.15, 0.2) is 0 Å². The van der Waals surface area contributed by atoms with Crippen molar-refractivity contribution in [2.75, 3.05) is 24.6 Å². The Morgan fingerprint density at radius 2 is 1.89 bits per heavy atom. The molecule has 3 heteroatoms. The van der Waals surface area contributed by atoms with Gasteiger partial charge in [-0.3, -0.25) is 0 Å². The molecule has 0 radical (unpaired) electrons. The number of anilines is 1. The van der Waals surface area contributed by atoms with Gasteiger partial charge in [0.25, 0.3) is 0 Å². The minimum Gasteiger partial charge on any atom is -0.389 e. The number of nitrogens with zero attached hydrogens (tertiary/aromatic N) is 1. The number of aliphatic hydroxyl groups is 1. The van der Waals surface area contributed by atoms with Crippen molar-refractivity contribution in [3.63, 3.8) is 0 Å². The Hall–Kier alpha value is -1.06. The molecule has 1 N–H and O–H groups in total. The van der Waals surface area contributed by atoms with Gasteiger partial charge >= 0.3 is 0 Å². The average Bonchev–Trinajstić information content (AvgIpc) is 2.40. The van der Waals surface area contributed by atoms with Crippen LogP contribution in [-0.2, 0) is 4.74 Å². The molecule has 1 fully saturated rings. The Morgan fingerprint density at radius 1 is 1.28 bits per heavy atom. The smallest absolute Gasteiger partial charge is 0.0761 e. The lowest BCUT2D eigenvalue weighted by atomic mass is 10.1. The standard InChI is InChI=1S/C15H23NO2/c1-3-18-15-8-10-16(11-9-15)14-6-4-13(5-7-14)12(2)17/h4-7,12,15,17H,3,8-11H2,1-2H3/t12-/m1/s1. The topological polar surface area (TPSA) is 32.7 Å². The Bertz CT molecular complexity index is 353. The van der Waals surface area contributed by atoms with E-state index in [0.29, 0.717) is 6.10 Å². The normalized spacial score (nSPS) is 18.9. The van der Waals surface area contributed by atoms with Gasteiger partial charge in [-0.15, -0.1) is 0 Å². The zero-order chi connectivity index (χ0) is 13.0. The third kappa shape index (κ3) is 3.24. The Labute approximate surface area is 109 Å². The van der Waals surface area contributed by atoms with Crippen LogP contribution in [0.25, 0.3) is 0 Å². The largest absolute Gasteiger partial charge is 0.389 e. The number of hydrogen-bond donors (Lipinski definition) is 1. The summed E-state index contributed by atoms with van der Waals surface area (Å²) in [5, 5.41) is 9.49. The van der Waals surface area contributed by atoms with E-state index in [0.717, 1.165) is 38.1 Å². The number of benzene rings is 1. The highest BCUT2D eigenvalue weighted by Crippen LogP contribution is 2.23. The van der Waals surface area contributed by atoms with Crippen LogP contribution in [0.5, 0.6) is 0 Å². The summed E-state index contributed by atoms with van der Waals surface area (Å²) in [6.07, 6.45) is 2.25. The first-order valence-corrected chi connectivity index (χ1v) is 6.85. The van der Waals surface area contributed by atoms with Gasteiger partial charge in [0.2, 0.25) is 0 Å². The summed E-state index contributed by atoms with van der Waals surface area (Å²) >= 11 is 0. The van der Waals surface area contributed by atoms with E-state index >= 15 is 0 Å². The molecule has 0 unspecified atom stereocenters. The SMILES string of the molecule is CCOC1CCN(c2ccc([C@@H](C)O)cc2)CC1. The Balaban J connectivity index is 1.93. The molecule has 100 valence electrons. The first kappa shape index (κ1) is 13.4. The second-order valence-corrected chi connectivity index (χ2v) is 4.91. The van der Waals surface area contributed by atoms with Crippen LogP contribution in [0.1, 0.15) is 38.4 Å². The van der Waals surface area contributed by atoms with Crippen molar-refractivity contribution in [1.82, 2.24) is 0 Å².